The number of carbonyl (C=O) groups excluding carboxylic acids is 1. The van der Waals surface area contributed by atoms with Crippen molar-refractivity contribution < 1.29 is 17.6 Å². The van der Waals surface area contributed by atoms with Gasteiger partial charge < -0.3 is 0 Å². The molecule has 0 aliphatic heterocycles. The molecule has 9 heteroatoms. The molecule has 1 heterocycles. The lowest BCUT2D eigenvalue weighted by Gasteiger charge is -2.11. The number of hydrogen-bond donors (Lipinski definition) is 2. The molecule has 1 amide bonds. The first-order chi connectivity index (χ1) is 13.9. The number of aromatic nitrogens is 2. The minimum atomic E-state index is -4.08. The highest BCUT2D eigenvalue weighted by Gasteiger charge is 2.18. The highest BCUT2D eigenvalue weighted by Crippen LogP contribution is 2.20. The van der Waals surface area contributed by atoms with Crippen LogP contribution in [0.3, 0.4) is 0 Å². The van der Waals surface area contributed by atoms with Gasteiger partial charge in [0.05, 0.1) is 21.6 Å². The van der Waals surface area contributed by atoms with Crippen LogP contribution in [-0.4, -0.2) is 24.0 Å². The van der Waals surface area contributed by atoms with Crippen molar-refractivity contribution in [3.63, 3.8) is 0 Å². The topological polar surface area (TPSA) is 93.1 Å². The van der Waals surface area contributed by atoms with Crippen molar-refractivity contribution in [2.24, 2.45) is 0 Å². The van der Waals surface area contributed by atoms with Gasteiger partial charge in [-0.2, -0.15) is 0 Å². The Kier molecular flexibility index (Phi) is 4.73. The average molecular weight is 410 g/mol. The molecule has 0 radical (unpaired) electrons. The number of hydrogen-bond acceptors (Lipinski definition) is 4. The number of amides is 1. The lowest BCUT2D eigenvalue weighted by atomic mass is 10.2. The fourth-order valence-electron chi connectivity index (χ4n) is 2.77. The van der Waals surface area contributed by atoms with E-state index in [1.807, 2.05) is 12.1 Å². The van der Waals surface area contributed by atoms with Gasteiger partial charge in [-0.25, -0.2) is 22.5 Å². The van der Waals surface area contributed by atoms with E-state index in [4.69, 9.17) is 0 Å². The summed E-state index contributed by atoms with van der Waals surface area (Å²) in [5.74, 6) is -1.21. The van der Waals surface area contributed by atoms with Gasteiger partial charge in [-0.3, -0.25) is 14.9 Å². The zero-order chi connectivity index (χ0) is 20.4. The lowest BCUT2D eigenvalue weighted by Crippen LogP contribution is -2.22. The smallest absolute Gasteiger partial charge is 0.270 e. The summed E-state index contributed by atoms with van der Waals surface area (Å²) in [6.45, 7) is 0. The molecular weight excluding hydrogens is 395 g/mol. The maximum absolute atomic E-state index is 13.8. The van der Waals surface area contributed by atoms with E-state index >= 15 is 0 Å². The van der Waals surface area contributed by atoms with Crippen molar-refractivity contribution in [3.8, 4) is 0 Å². The molecule has 2 N–H and O–H groups in total. The van der Waals surface area contributed by atoms with E-state index in [-0.39, 0.29) is 16.1 Å². The van der Waals surface area contributed by atoms with Gasteiger partial charge in [-0.15, -0.1) is 0 Å². The van der Waals surface area contributed by atoms with Gasteiger partial charge in [0.2, 0.25) is 0 Å². The SMILES string of the molecule is O=C(Nn1cnc2ccccc21)c1cccc(S(=O)(=O)Nc2ccccc2F)c1. The second kappa shape index (κ2) is 7.36. The minimum absolute atomic E-state index is 0.124. The number of rotatable bonds is 5. The summed E-state index contributed by atoms with van der Waals surface area (Å²) in [5.41, 5.74) is 4.02. The Bertz CT molecular complexity index is 1320. The van der Waals surface area contributed by atoms with E-state index < -0.39 is 21.7 Å². The summed E-state index contributed by atoms with van der Waals surface area (Å²) < 4.78 is 42.6. The summed E-state index contributed by atoms with van der Waals surface area (Å²) in [6.07, 6.45) is 1.46. The molecule has 1 aromatic heterocycles. The predicted molar refractivity (Wildman–Crippen MR) is 107 cm³/mol. The highest BCUT2D eigenvalue weighted by molar-refractivity contribution is 7.92. The van der Waals surface area contributed by atoms with Crippen molar-refractivity contribution in [1.29, 1.82) is 0 Å². The molecule has 0 saturated carbocycles. The summed E-state index contributed by atoms with van der Waals surface area (Å²) in [6, 6.07) is 18.1. The van der Waals surface area contributed by atoms with Gasteiger partial charge in [0.15, 0.2) is 0 Å². The third-order valence-electron chi connectivity index (χ3n) is 4.20. The van der Waals surface area contributed by atoms with Crippen LogP contribution in [0.25, 0.3) is 11.0 Å². The van der Waals surface area contributed by atoms with Crippen LogP contribution in [-0.2, 0) is 10.0 Å². The van der Waals surface area contributed by atoms with Crippen LogP contribution in [0.4, 0.5) is 10.1 Å². The van der Waals surface area contributed by atoms with Crippen molar-refractivity contribution in [2.45, 2.75) is 4.90 Å². The lowest BCUT2D eigenvalue weighted by molar-refractivity contribution is 0.101. The molecule has 146 valence electrons. The largest absolute Gasteiger partial charge is 0.277 e. The molecule has 0 bridgehead atoms. The Balaban J connectivity index is 1.59. The summed E-state index contributed by atoms with van der Waals surface area (Å²) in [4.78, 5) is 16.6. The standard InChI is InChI=1S/C20H15FN4O3S/c21-16-8-1-2-9-17(16)24-29(27,28)15-7-5-6-14(12-15)20(26)23-25-13-22-18-10-3-4-11-19(18)25/h1-13,24H,(H,23,26). The molecule has 0 atom stereocenters. The van der Waals surface area contributed by atoms with E-state index in [0.29, 0.717) is 11.0 Å². The van der Waals surface area contributed by atoms with E-state index in [1.165, 1.54) is 53.5 Å². The van der Waals surface area contributed by atoms with Crippen LogP contribution in [0.1, 0.15) is 10.4 Å². The molecule has 0 fully saturated rings. The molecule has 4 rings (SSSR count). The fourth-order valence-corrected chi connectivity index (χ4v) is 3.89. The average Bonchev–Trinajstić information content (AvgIpc) is 3.13. The Hall–Kier alpha value is -3.72. The third-order valence-corrected chi connectivity index (χ3v) is 5.56. The fraction of sp³-hybridized carbons (Fsp3) is 0. The van der Waals surface area contributed by atoms with Crippen molar-refractivity contribution in [1.82, 2.24) is 9.66 Å². The van der Waals surface area contributed by atoms with Crippen LogP contribution in [0, 0.1) is 5.82 Å². The van der Waals surface area contributed by atoms with Crippen LogP contribution in [0.15, 0.2) is 84.0 Å². The van der Waals surface area contributed by atoms with E-state index in [2.05, 4.69) is 15.1 Å². The number of halogens is 1. The molecule has 0 unspecified atom stereocenters. The number of para-hydroxylation sites is 3. The molecule has 0 aliphatic carbocycles. The number of nitrogens with one attached hydrogen (secondary N) is 2. The molecule has 29 heavy (non-hydrogen) atoms. The van der Waals surface area contributed by atoms with Crippen LogP contribution in [0.5, 0.6) is 0 Å². The summed E-state index contributed by atoms with van der Waals surface area (Å²) in [5, 5.41) is 0. The normalized spacial score (nSPS) is 11.3. The minimum Gasteiger partial charge on any atom is -0.277 e. The second-order valence-electron chi connectivity index (χ2n) is 6.16. The Morgan fingerprint density at radius 3 is 2.55 bits per heavy atom. The Morgan fingerprint density at radius 1 is 0.966 bits per heavy atom. The molecule has 7 nitrogen and oxygen atoms in total. The summed E-state index contributed by atoms with van der Waals surface area (Å²) >= 11 is 0. The maximum atomic E-state index is 13.8. The molecule has 4 aromatic rings. The van der Waals surface area contributed by atoms with E-state index in [1.54, 1.807) is 12.1 Å². The molecule has 3 aromatic carbocycles. The number of nitrogens with zero attached hydrogens (tertiary/aromatic N) is 2. The highest BCUT2D eigenvalue weighted by atomic mass is 32.2. The van der Waals surface area contributed by atoms with Crippen molar-refractivity contribution in [2.75, 3.05) is 10.1 Å². The van der Waals surface area contributed by atoms with Crippen molar-refractivity contribution >= 4 is 32.7 Å². The first kappa shape index (κ1) is 18.6. The monoisotopic (exact) mass is 410 g/mol. The first-order valence-electron chi connectivity index (χ1n) is 8.55. The number of benzene rings is 3. The van der Waals surface area contributed by atoms with E-state index in [9.17, 15) is 17.6 Å². The number of sulfonamides is 1. The Labute approximate surface area is 165 Å². The van der Waals surface area contributed by atoms with Crippen LogP contribution in [0.2, 0.25) is 0 Å². The van der Waals surface area contributed by atoms with Gasteiger partial charge in [0, 0.05) is 5.56 Å². The van der Waals surface area contributed by atoms with Gasteiger partial charge in [-0.05, 0) is 42.5 Å². The number of imidazole rings is 1. The van der Waals surface area contributed by atoms with E-state index in [0.717, 1.165) is 6.07 Å². The molecule has 0 aliphatic rings. The molecule has 0 spiro atoms. The summed E-state index contributed by atoms with van der Waals surface area (Å²) in [7, 11) is -4.08. The zero-order valence-corrected chi connectivity index (χ0v) is 15.7. The number of fused-ring (bicyclic) bond motifs is 1. The second-order valence-corrected chi connectivity index (χ2v) is 7.84. The number of carbonyl (C=O) groups is 1. The van der Waals surface area contributed by atoms with Gasteiger partial charge in [0.1, 0.15) is 12.1 Å². The third kappa shape index (κ3) is 3.81. The zero-order valence-electron chi connectivity index (χ0n) is 14.9. The predicted octanol–water partition coefficient (Wildman–Crippen LogP) is 3.36. The van der Waals surface area contributed by atoms with Gasteiger partial charge in [-0.1, -0.05) is 30.3 Å². The Morgan fingerprint density at radius 2 is 1.72 bits per heavy atom. The molecule has 0 saturated heterocycles. The van der Waals surface area contributed by atoms with Gasteiger partial charge in [0.25, 0.3) is 15.9 Å². The van der Waals surface area contributed by atoms with Crippen LogP contribution >= 0.6 is 0 Å². The van der Waals surface area contributed by atoms with Gasteiger partial charge >= 0.3 is 0 Å². The number of anilines is 1. The maximum Gasteiger partial charge on any atom is 0.270 e. The first-order valence-corrected chi connectivity index (χ1v) is 10.0. The quantitative estimate of drug-likeness (QED) is 0.528. The van der Waals surface area contributed by atoms with Crippen molar-refractivity contribution in [3.05, 3.63) is 90.5 Å². The van der Waals surface area contributed by atoms with Crippen LogP contribution < -0.4 is 10.1 Å². The molecular formula is C20H15FN4O3S.